The van der Waals surface area contributed by atoms with Crippen molar-refractivity contribution in [1.82, 2.24) is 20.6 Å². The molecule has 1 saturated heterocycles. The zero-order valence-corrected chi connectivity index (χ0v) is 25.0. The average molecular weight is 596 g/mol. The number of hydrogen-bond donors (Lipinski definition) is 2. The van der Waals surface area contributed by atoms with Crippen molar-refractivity contribution in [3.63, 3.8) is 0 Å². The van der Waals surface area contributed by atoms with Crippen molar-refractivity contribution in [2.45, 2.75) is 57.0 Å². The fourth-order valence-corrected chi connectivity index (χ4v) is 5.52. The lowest BCUT2D eigenvalue weighted by atomic mass is 9.75. The highest BCUT2D eigenvalue weighted by Gasteiger charge is 2.31. The molecule has 1 aliphatic rings. The number of hydrogen-bond acceptors (Lipinski definition) is 5. The van der Waals surface area contributed by atoms with Crippen molar-refractivity contribution < 1.29 is 4.74 Å². The van der Waals surface area contributed by atoms with Gasteiger partial charge < -0.3 is 15.4 Å². The molecule has 2 N–H and O–H groups in total. The maximum atomic E-state index is 6.83. The maximum absolute atomic E-state index is 6.83. The second-order valence-corrected chi connectivity index (χ2v) is 12.5. The van der Waals surface area contributed by atoms with E-state index in [9.17, 15) is 0 Å². The summed E-state index contributed by atoms with van der Waals surface area (Å²) in [5.74, 6) is 0. The predicted octanol–water partition coefficient (Wildman–Crippen LogP) is 7.04. The van der Waals surface area contributed by atoms with Crippen molar-refractivity contribution in [2.24, 2.45) is 0 Å². The molecule has 0 bridgehead atoms. The van der Waals surface area contributed by atoms with Crippen molar-refractivity contribution in [1.29, 1.82) is 0 Å². The summed E-state index contributed by atoms with van der Waals surface area (Å²) in [4.78, 5) is 8.33. The average Bonchev–Trinajstić information content (AvgIpc) is 3.42. The summed E-state index contributed by atoms with van der Waals surface area (Å²) in [6.07, 6.45) is 4.98. The van der Waals surface area contributed by atoms with Gasteiger partial charge in [-0.1, -0.05) is 79.3 Å². The molecule has 38 heavy (non-hydrogen) atoms. The number of nitrogens with one attached hydrogen (secondary N) is 2. The standard InChI is InChI=1S/C29H34Cl4N4O/c1-28(2,16-36-23-7-9-38-15-23)21-10-19(27(33)26(32)12-21)13-29(3,20-4-5-24(30)25(31)11-20)17-35-14-22-6-8-34-18-37-22/h4-6,8,10-12,18,23,35-36H,7,9,13-17H2,1-3H3. The third-order valence-corrected chi connectivity index (χ3v) is 8.89. The molecule has 1 aliphatic heterocycles. The van der Waals surface area contributed by atoms with Crippen LogP contribution in [0.1, 0.15) is 49.6 Å². The van der Waals surface area contributed by atoms with Crippen LogP contribution in [0.4, 0.5) is 0 Å². The first-order valence-electron chi connectivity index (χ1n) is 12.8. The Hall–Kier alpha value is -1.44. The first-order chi connectivity index (χ1) is 18.1. The fourth-order valence-electron chi connectivity index (χ4n) is 4.81. The quantitative estimate of drug-likeness (QED) is 0.249. The van der Waals surface area contributed by atoms with E-state index in [1.807, 2.05) is 30.3 Å². The van der Waals surface area contributed by atoms with Crippen LogP contribution in [-0.4, -0.2) is 42.3 Å². The van der Waals surface area contributed by atoms with Crippen molar-refractivity contribution in [3.05, 3.63) is 91.4 Å². The van der Waals surface area contributed by atoms with Gasteiger partial charge in [0.15, 0.2) is 0 Å². The highest BCUT2D eigenvalue weighted by molar-refractivity contribution is 6.42. The number of ether oxygens (including phenoxy) is 1. The lowest BCUT2D eigenvalue weighted by Gasteiger charge is -2.33. The summed E-state index contributed by atoms with van der Waals surface area (Å²) in [6, 6.07) is 12.3. The van der Waals surface area contributed by atoms with Crippen LogP contribution < -0.4 is 10.6 Å². The second-order valence-electron chi connectivity index (χ2n) is 10.9. The molecule has 1 fully saturated rings. The zero-order chi connectivity index (χ0) is 27.3. The molecule has 5 nitrogen and oxygen atoms in total. The molecule has 4 rings (SSSR count). The van der Waals surface area contributed by atoms with Crippen LogP contribution in [0.3, 0.4) is 0 Å². The van der Waals surface area contributed by atoms with Crippen LogP contribution in [0, 0.1) is 0 Å². The van der Waals surface area contributed by atoms with Crippen LogP contribution in [0.5, 0.6) is 0 Å². The largest absolute Gasteiger partial charge is 0.380 e. The van der Waals surface area contributed by atoms with Gasteiger partial charge in [-0.15, -0.1) is 0 Å². The van der Waals surface area contributed by atoms with Gasteiger partial charge in [0.1, 0.15) is 6.33 Å². The second kappa shape index (κ2) is 12.8. The molecule has 9 heteroatoms. The van der Waals surface area contributed by atoms with Gasteiger partial charge in [0.05, 0.1) is 32.4 Å². The first kappa shape index (κ1) is 29.5. The molecule has 0 saturated carbocycles. The third-order valence-electron chi connectivity index (χ3n) is 7.31. The Morgan fingerprint density at radius 3 is 2.42 bits per heavy atom. The molecule has 0 radical (unpaired) electrons. The summed E-state index contributed by atoms with van der Waals surface area (Å²) >= 11 is 26.2. The molecule has 1 aromatic heterocycles. The van der Waals surface area contributed by atoms with E-state index in [4.69, 9.17) is 51.1 Å². The van der Waals surface area contributed by atoms with Crippen LogP contribution in [0.25, 0.3) is 0 Å². The van der Waals surface area contributed by atoms with Gasteiger partial charge in [-0.3, -0.25) is 0 Å². The maximum Gasteiger partial charge on any atom is 0.115 e. The molecule has 0 amide bonds. The van der Waals surface area contributed by atoms with E-state index < -0.39 is 0 Å². The molecule has 0 aliphatic carbocycles. The fraction of sp³-hybridized carbons (Fsp3) is 0.448. The highest BCUT2D eigenvalue weighted by Crippen LogP contribution is 2.38. The van der Waals surface area contributed by atoms with E-state index >= 15 is 0 Å². The number of halogens is 4. The molecular weight excluding hydrogens is 562 g/mol. The Morgan fingerprint density at radius 2 is 1.74 bits per heavy atom. The predicted molar refractivity (Wildman–Crippen MR) is 158 cm³/mol. The summed E-state index contributed by atoms with van der Waals surface area (Å²) in [5.41, 5.74) is 3.58. The minimum absolute atomic E-state index is 0.156. The monoisotopic (exact) mass is 594 g/mol. The van der Waals surface area contributed by atoms with Gasteiger partial charge in [-0.2, -0.15) is 0 Å². The van der Waals surface area contributed by atoms with E-state index in [0.717, 1.165) is 48.6 Å². The normalized spacial score (nSPS) is 17.5. The number of aromatic nitrogens is 2. The molecule has 2 heterocycles. The van der Waals surface area contributed by atoms with Crippen LogP contribution in [-0.2, 0) is 28.5 Å². The molecule has 204 valence electrons. The molecular formula is C29H34Cl4N4O. The topological polar surface area (TPSA) is 59.1 Å². The van der Waals surface area contributed by atoms with Crippen LogP contribution in [0.15, 0.2) is 48.9 Å². The minimum Gasteiger partial charge on any atom is -0.380 e. The van der Waals surface area contributed by atoms with E-state index in [1.54, 1.807) is 12.5 Å². The SMILES string of the molecule is CC(C)(CNC1CCOC1)c1cc(Cl)c(Cl)c(CC(C)(CNCc2ccncn2)c2ccc(Cl)c(Cl)c2)c1. The van der Waals surface area contributed by atoms with Gasteiger partial charge in [0, 0.05) is 49.3 Å². The minimum atomic E-state index is -0.365. The molecule has 0 spiro atoms. The highest BCUT2D eigenvalue weighted by atomic mass is 35.5. The Balaban J connectivity index is 1.61. The number of nitrogens with zero attached hydrogens (tertiary/aromatic N) is 2. The summed E-state index contributed by atoms with van der Waals surface area (Å²) in [6.45, 7) is 10.3. The molecule has 3 aromatic rings. The number of rotatable bonds is 11. The number of benzene rings is 2. The van der Waals surface area contributed by atoms with Crippen molar-refractivity contribution >= 4 is 46.4 Å². The van der Waals surface area contributed by atoms with Crippen LogP contribution >= 0.6 is 46.4 Å². The van der Waals surface area contributed by atoms with Crippen LogP contribution in [0.2, 0.25) is 20.1 Å². The Labute approximate surface area is 245 Å². The van der Waals surface area contributed by atoms with E-state index in [-0.39, 0.29) is 10.8 Å². The van der Waals surface area contributed by atoms with Gasteiger partial charge >= 0.3 is 0 Å². The Bertz CT molecular complexity index is 1230. The lowest BCUT2D eigenvalue weighted by molar-refractivity contribution is 0.189. The van der Waals surface area contributed by atoms with Crippen molar-refractivity contribution in [2.75, 3.05) is 26.3 Å². The zero-order valence-electron chi connectivity index (χ0n) is 22.0. The van der Waals surface area contributed by atoms with E-state index in [1.165, 1.54) is 0 Å². The summed E-state index contributed by atoms with van der Waals surface area (Å²) in [5, 5.41) is 9.39. The summed E-state index contributed by atoms with van der Waals surface area (Å²) < 4.78 is 5.52. The molecule has 2 unspecified atom stereocenters. The summed E-state index contributed by atoms with van der Waals surface area (Å²) in [7, 11) is 0. The van der Waals surface area contributed by atoms with Gasteiger partial charge in [-0.25, -0.2) is 9.97 Å². The smallest absolute Gasteiger partial charge is 0.115 e. The van der Waals surface area contributed by atoms with Crippen molar-refractivity contribution in [3.8, 4) is 0 Å². The van der Waals surface area contributed by atoms with Gasteiger partial charge in [0.25, 0.3) is 0 Å². The first-order valence-corrected chi connectivity index (χ1v) is 14.3. The Kier molecular flexibility index (Phi) is 9.97. The Morgan fingerprint density at radius 1 is 0.947 bits per heavy atom. The van der Waals surface area contributed by atoms with Gasteiger partial charge in [0.2, 0.25) is 0 Å². The van der Waals surface area contributed by atoms with E-state index in [2.05, 4.69) is 47.4 Å². The third kappa shape index (κ3) is 7.39. The molecule has 2 aromatic carbocycles. The lowest BCUT2D eigenvalue weighted by Crippen LogP contribution is -2.40. The van der Waals surface area contributed by atoms with Gasteiger partial charge in [-0.05, 0) is 53.8 Å². The van der Waals surface area contributed by atoms with E-state index in [0.29, 0.717) is 45.6 Å². The molecule has 2 atom stereocenters.